The first kappa shape index (κ1) is 13.4. The van der Waals surface area contributed by atoms with E-state index in [9.17, 15) is 4.79 Å². The summed E-state index contributed by atoms with van der Waals surface area (Å²) in [7, 11) is 0. The van der Waals surface area contributed by atoms with E-state index >= 15 is 0 Å². The van der Waals surface area contributed by atoms with E-state index in [-0.39, 0.29) is 5.91 Å². The second kappa shape index (κ2) is 5.81. The number of fused-ring (bicyclic) bond motifs is 1. The molecular formula is C14H16ClNOS2. The van der Waals surface area contributed by atoms with Gasteiger partial charge in [-0.25, -0.2) is 0 Å². The lowest BCUT2D eigenvalue weighted by atomic mass is 10.2. The molecule has 0 N–H and O–H groups in total. The van der Waals surface area contributed by atoms with Crippen molar-refractivity contribution >= 4 is 49.6 Å². The van der Waals surface area contributed by atoms with Gasteiger partial charge < -0.3 is 4.90 Å². The fourth-order valence-electron chi connectivity index (χ4n) is 2.77. The van der Waals surface area contributed by atoms with E-state index in [1.165, 1.54) is 22.2 Å². The number of thiophene rings is 2. The van der Waals surface area contributed by atoms with Crippen LogP contribution in [0.2, 0.25) is 0 Å². The standard InChI is InChI=1S/C14H16ClNOS2/c15-6-7-16(10-3-1-2-4-10)14(17)13-9-12-11(19-13)5-8-18-12/h5,8-10H,1-4,6-7H2. The van der Waals surface area contributed by atoms with Crippen molar-refractivity contribution < 1.29 is 4.79 Å². The molecule has 0 atom stereocenters. The van der Waals surface area contributed by atoms with Crippen molar-refractivity contribution in [3.05, 3.63) is 22.4 Å². The Labute approximate surface area is 126 Å². The van der Waals surface area contributed by atoms with Gasteiger partial charge in [0.15, 0.2) is 0 Å². The molecule has 0 saturated heterocycles. The number of rotatable bonds is 4. The minimum atomic E-state index is 0.168. The summed E-state index contributed by atoms with van der Waals surface area (Å²) in [5.74, 6) is 0.683. The number of hydrogen-bond donors (Lipinski definition) is 0. The molecule has 2 aromatic heterocycles. The Kier molecular flexibility index (Phi) is 4.10. The zero-order valence-electron chi connectivity index (χ0n) is 10.6. The Bertz CT molecular complexity index is 542. The summed E-state index contributed by atoms with van der Waals surface area (Å²) in [6.07, 6.45) is 4.72. The number of carbonyl (C=O) groups excluding carboxylic acids is 1. The smallest absolute Gasteiger partial charge is 0.264 e. The number of carbonyl (C=O) groups is 1. The number of hydrogen-bond acceptors (Lipinski definition) is 3. The van der Waals surface area contributed by atoms with Gasteiger partial charge in [-0.15, -0.1) is 34.3 Å². The topological polar surface area (TPSA) is 20.3 Å². The quantitative estimate of drug-likeness (QED) is 0.756. The van der Waals surface area contributed by atoms with Gasteiger partial charge >= 0.3 is 0 Å². The Morgan fingerprint density at radius 3 is 2.84 bits per heavy atom. The second-order valence-electron chi connectivity index (χ2n) is 4.89. The van der Waals surface area contributed by atoms with Crippen molar-refractivity contribution in [2.75, 3.05) is 12.4 Å². The maximum atomic E-state index is 12.7. The summed E-state index contributed by atoms with van der Waals surface area (Å²) in [6.45, 7) is 0.663. The van der Waals surface area contributed by atoms with Gasteiger partial charge in [-0.3, -0.25) is 4.79 Å². The number of halogens is 1. The molecule has 1 aliphatic carbocycles. The van der Waals surface area contributed by atoms with E-state index < -0.39 is 0 Å². The third kappa shape index (κ3) is 2.67. The highest BCUT2D eigenvalue weighted by Gasteiger charge is 2.27. The van der Waals surface area contributed by atoms with Crippen LogP contribution in [-0.2, 0) is 0 Å². The van der Waals surface area contributed by atoms with Crippen LogP contribution in [0, 0.1) is 0 Å². The van der Waals surface area contributed by atoms with Crippen LogP contribution in [0.3, 0.4) is 0 Å². The average Bonchev–Trinajstić information content (AvgIpc) is 3.09. The summed E-state index contributed by atoms with van der Waals surface area (Å²) in [4.78, 5) is 15.5. The van der Waals surface area contributed by atoms with Crippen molar-refractivity contribution in [1.82, 2.24) is 4.90 Å². The molecule has 0 unspecified atom stereocenters. The van der Waals surface area contributed by atoms with Crippen molar-refractivity contribution in [2.45, 2.75) is 31.7 Å². The van der Waals surface area contributed by atoms with E-state index in [1.54, 1.807) is 22.7 Å². The lowest BCUT2D eigenvalue weighted by Crippen LogP contribution is -2.39. The third-order valence-electron chi connectivity index (χ3n) is 3.70. The van der Waals surface area contributed by atoms with Gasteiger partial charge in [-0.1, -0.05) is 12.8 Å². The molecule has 0 bridgehead atoms. The highest BCUT2D eigenvalue weighted by molar-refractivity contribution is 7.27. The Morgan fingerprint density at radius 1 is 1.37 bits per heavy atom. The largest absolute Gasteiger partial charge is 0.334 e. The van der Waals surface area contributed by atoms with E-state index in [0.717, 1.165) is 17.7 Å². The first-order valence-electron chi connectivity index (χ1n) is 6.63. The van der Waals surface area contributed by atoms with Crippen LogP contribution in [0.4, 0.5) is 0 Å². The third-order valence-corrected chi connectivity index (χ3v) is 5.95. The molecule has 2 aromatic rings. The monoisotopic (exact) mass is 313 g/mol. The van der Waals surface area contributed by atoms with Gasteiger partial charge in [0.2, 0.25) is 0 Å². The van der Waals surface area contributed by atoms with Crippen molar-refractivity contribution in [1.29, 1.82) is 0 Å². The van der Waals surface area contributed by atoms with E-state index in [0.29, 0.717) is 18.5 Å². The molecule has 2 nitrogen and oxygen atoms in total. The lowest BCUT2D eigenvalue weighted by Gasteiger charge is -2.27. The first-order chi connectivity index (χ1) is 9.29. The SMILES string of the molecule is O=C(c1cc2sccc2s1)N(CCCl)C1CCCC1. The number of nitrogens with zero attached hydrogens (tertiary/aromatic N) is 1. The molecule has 0 radical (unpaired) electrons. The Morgan fingerprint density at radius 2 is 2.16 bits per heavy atom. The fourth-order valence-corrected chi connectivity index (χ4v) is 5.02. The summed E-state index contributed by atoms with van der Waals surface area (Å²) in [5.41, 5.74) is 0. The molecule has 1 amide bonds. The van der Waals surface area contributed by atoms with Gasteiger partial charge in [0, 0.05) is 27.9 Å². The summed E-state index contributed by atoms with van der Waals surface area (Å²) < 4.78 is 2.43. The molecule has 1 aliphatic rings. The normalized spacial score (nSPS) is 16.3. The molecule has 0 aromatic carbocycles. The maximum absolute atomic E-state index is 12.7. The van der Waals surface area contributed by atoms with Crippen molar-refractivity contribution in [3.8, 4) is 0 Å². The van der Waals surface area contributed by atoms with Crippen LogP contribution >= 0.6 is 34.3 Å². The molecule has 1 saturated carbocycles. The molecule has 102 valence electrons. The van der Waals surface area contributed by atoms with Gasteiger partial charge in [-0.2, -0.15) is 0 Å². The van der Waals surface area contributed by atoms with Gasteiger partial charge in [0.25, 0.3) is 5.91 Å². The fraction of sp³-hybridized carbons (Fsp3) is 0.500. The van der Waals surface area contributed by atoms with Crippen LogP contribution in [0.1, 0.15) is 35.4 Å². The summed E-state index contributed by atoms with van der Waals surface area (Å²) in [5, 5.41) is 2.07. The molecule has 0 spiro atoms. The van der Waals surface area contributed by atoms with Crippen LogP contribution in [0.25, 0.3) is 9.40 Å². The van der Waals surface area contributed by atoms with Crippen LogP contribution in [0.15, 0.2) is 17.5 Å². The summed E-state index contributed by atoms with van der Waals surface area (Å²) in [6, 6.07) is 4.51. The average molecular weight is 314 g/mol. The first-order valence-corrected chi connectivity index (χ1v) is 8.86. The van der Waals surface area contributed by atoms with E-state index in [2.05, 4.69) is 11.4 Å². The molecule has 3 rings (SSSR count). The highest BCUT2D eigenvalue weighted by Crippen LogP contribution is 2.32. The van der Waals surface area contributed by atoms with E-state index in [4.69, 9.17) is 11.6 Å². The molecule has 1 fully saturated rings. The van der Waals surface area contributed by atoms with Crippen LogP contribution in [-0.4, -0.2) is 29.3 Å². The second-order valence-corrected chi connectivity index (χ2v) is 7.29. The minimum Gasteiger partial charge on any atom is -0.334 e. The van der Waals surface area contributed by atoms with Crippen molar-refractivity contribution in [3.63, 3.8) is 0 Å². The molecular weight excluding hydrogens is 298 g/mol. The van der Waals surface area contributed by atoms with Crippen LogP contribution in [0.5, 0.6) is 0 Å². The molecule has 19 heavy (non-hydrogen) atoms. The Balaban J connectivity index is 1.84. The zero-order valence-corrected chi connectivity index (χ0v) is 13.0. The zero-order chi connectivity index (χ0) is 13.2. The van der Waals surface area contributed by atoms with Gasteiger partial charge in [-0.05, 0) is 30.4 Å². The van der Waals surface area contributed by atoms with Crippen LogP contribution < -0.4 is 0 Å². The van der Waals surface area contributed by atoms with Crippen molar-refractivity contribution in [2.24, 2.45) is 0 Å². The Hall–Kier alpha value is -0.580. The predicted molar refractivity (Wildman–Crippen MR) is 83.7 cm³/mol. The maximum Gasteiger partial charge on any atom is 0.264 e. The molecule has 2 heterocycles. The lowest BCUT2D eigenvalue weighted by molar-refractivity contribution is 0.0700. The molecule has 0 aliphatic heterocycles. The van der Waals surface area contributed by atoms with Gasteiger partial charge in [0.05, 0.1) is 4.88 Å². The minimum absolute atomic E-state index is 0.168. The van der Waals surface area contributed by atoms with E-state index in [1.807, 2.05) is 11.0 Å². The predicted octanol–water partition coefficient (Wildman–Crippen LogP) is 4.59. The number of amides is 1. The highest BCUT2D eigenvalue weighted by atomic mass is 35.5. The van der Waals surface area contributed by atoms with Gasteiger partial charge in [0.1, 0.15) is 0 Å². The molecule has 5 heteroatoms. The summed E-state index contributed by atoms with van der Waals surface area (Å²) >= 11 is 9.17. The number of alkyl halides is 1.